The zero-order valence-electron chi connectivity index (χ0n) is 13.6. The number of nitrogens with one attached hydrogen (secondary N) is 1. The van der Waals surface area contributed by atoms with E-state index in [-0.39, 0.29) is 11.8 Å². The van der Waals surface area contributed by atoms with Crippen molar-refractivity contribution in [3.8, 4) is 0 Å². The molecule has 24 heavy (non-hydrogen) atoms. The molecule has 0 bridgehead atoms. The van der Waals surface area contributed by atoms with Gasteiger partial charge < -0.3 is 10.2 Å². The number of hydrogen-bond acceptors (Lipinski definition) is 2. The largest absolute Gasteiger partial charge is 0.338 e. The Kier molecular flexibility index (Phi) is 6.32. The summed E-state index contributed by atoms with van der Waals surface area (Å²) < 4.78 is 0.988. The van der Waals surface area contributed by atoms with Gasteiger partial charge in [-0.15, -0.1) is 0 Å². The highest BCUT2D eigenvalue weighted by atomic mass is 79.9. The standard InChI is InChI=1S/C19H19BrN2O2/c1-14(23)21-17-10-7-15(8-11-17)9-12-19(24)22(2)13-16-5-3-4-6-18(16)20/h3-12H,13H2,1-2H3,(H,21,23)/b12-9+. The Labute approximate surface area is 150 Å². The van der Waals surface area contributed by atoms with Crippen LogP contribution in [-0.4, -0.2) is 23.8 Å². The lowest BCUT2D eigenvalue weighted by atomic mass is 10.2. The molecule has 2 rings (SSSR count). The molecule has 2 aromatic carbocycles. The highest BCUT2D eigenvalue weighted by molar-refractivity contribution is 9.10. The van der Waals surface area contributed by atoms with E-state index in [1.807, 2.05) is 36.4 Å². The summed E-state index contributed by atoms with van der Waals surface area (Å²) >= 11 is 3.49. The number of carbonyl (C=O) groups is 2. The maximum atomic E-state index is 12.2. The van der Waals surface area contributed by atoms with Crippen molar-refractivity contribution in [3.05, 3.63) is 70.2 Å². The Morgan fingerprint density at radius 3 is 2.42 bits per heavy atom. The lowest BCUT2D eigenvalue weighted by molar-refractivity contribution is -0.125. The van der Waals surface area contributed by atoms with Crippen molar-refractivity contribution < 1.29 is 9.59 Å². The molecule has 0 aliphatic rings. The molecule has 2 amide bonds. The minimum absolute atomic E-state index is 0.0725. The molecule has 1 N–H and O–H groups in total. The van der Waals surface area contributed by atoms with Gasteiger partial charge in [0, 0.05) is 36.8 Å². The number of likely N-dealkylation sites (N-methyl/N-ethyl adjacent to an activating group) is 1. The third kappa shape index (κ3) is 5.35. The third-order valence-corrected chi connectivity index (χ3v) is 4.16. The summed E-state index contributed by atoms with van der Waals surface area (Å²) in [5, 5.41) is 2.71. The SMILES string of the molecule is CC(=O)Nc1ccc(/C=C/C(=O)N(C)Cc2ccccc2Br)cc1. The number of nitrogens with zero attached hydrogens (tertiary/aromatic N) is 1. The van der Waals surface area contributed by atoms with E-state index in [4.69, 9.17) is 0 Å². The van der Waals surface area contributed by atoms with E-state index in [1.54, 1.807) is 36.2 Å². The number of anilines is 1. The molecule has 0 saturated carbocycles. The van der Waals surface area contributed by atoms with E-state index in [0.29, 0.717) is 6.54 Å². The number of amides is 2. The van der Waals surface area contributed by atoms with Crippen molar-refractivity contribution in [2.45, 2.75) is 13.5 Å². The molecule has 0 fully saturated rings. The van der Waals surface area contributed by atoms with Gasteiger partial charge in [-0.25, -0.2) is 0 Å². The van der Waals surface area contributed by atoms with E-state index < -0.39 is 0 Å². The molecular formula is C19H19BrN2O2. The topological polar surface area (TPSA) is 49.4 Å². The Morgan fingerprint density at radius 1 is 1.12 bits per heavy atom. The first-order valence-corrected chi connectivity index (χ1v) is 8.29. The zero-order chi connectivity index (χ0) is 17.5. The monoisotopic (exact) mass is 386 g/mol. The molecule has 124 valence electrons. The summed E-state index contributed by atoms with van der Waals surface area (Å²) in [6.07, 6.45) is 3.31. The average molecular weight is 387 g/mol. The van der Waals surface area contributed by atoms with Crippen LogP contribution in [-0.2, 0) is 16.1 Å². The first kappa shape index (κ1) is 17.9. The van der Waals surface area contributed by atoms with Gasteiger partial charge in [0.05, 0.1) is 0 Å². The van der Waals surface area contributed by atoms with Gasteiger partial charge >= 0.3 is 0 Å². The second-order valence-corrected chi connectivity index (χ2v) is 6.28. The predicted octanol–water partition coefficient (Wildman–Crippen LogP) is 4.08. The lowest BCUT2D eigenvalue weighted by Gasteiger charge is -2.16. The predicted molar refractivity (Wildman–Crippen MR) is 100 cm³/mol. The first-order chi connectivity index (χ1) is 11.5. The van der Waals surface area contributed by atoms with Crippen LogP contribution in [0.4, 0.5) is 5.69 Å². The Hall–Kier alpha value is -2.40. The van der Waals surface area contributed by atoms with Crippen molar-refractivity contribution in [2.75, 3.05) is 12.4 Å². The van der Waals surface area contributed by atoms with Crippen molar-refractivity contribution in [2.24, 2.45) is 0 Å². The van der Waals surface area contributed by atoms with Gasteiger partial charge in [0.1, 0.15) is 0 Å². The van der Waals surface area contributed by atoms with E-state index in [1.165, 1.54) is 6.92 Å². The van der Waals surface area contributed by atoms with Crippen molar-refractivity contribution in [3.63, 3.8) is 0 Å². The molecule has 0 saturated heterocycles. The maximum absolute atomic E-state index is 12.2. The fourth-order valence-electron chi connectivity index (χ4n) is 2.14. The summed E-state index contributed by atoms with van der Waals surface area (Å²) in [7, 11) is 1.77. The van der Waals surface area contributed by atoms with Crippen LogP contribution in [0, 0.1) is 0 Å². The summed E-state index contributed by atoms with van der Waals surface area (Å²) in [4.78, 5) is 24.8. The smallest absolute Gasteiger partial charge is 0.246 e. The van der Waals surface area contributed by atoms with E-state index in [0.717, 1.165) is 21.3 Å². The Morgan fingerprint density at radius 2 is 1.79 bits per heavy atom. The minimum atomic E-state index is -0.109. The number of benzene rings is 2. The molecule has 0 unspecified atom stereocenters. The van der Waals surface area contributed by atoms with Crippen molar-refractivity contribution in [1.29, 1.82) is 0 Å². The van der Waals surface area contributed by atoms with Crippen molar-refractivity contribution >= 4 is 39.5 Å². The van der Waals surface area contributed by atoms with Gasteiger partial charge in [-0.3, -0.25) is 9.59 Å². The zero-order valence-corrected chi connectivity index (χ0v) is 15.2. The summed E-state index contributed by atoms with van der Waals surface area (Å²) in [5.41, 5.74) is 2.69. The number of halogens is 1. The molecule has 0 atom stereocenters. The van der Waals surface area contributed by atoms with Crippen LogP contribution >= 0.6 is 15.9 Å². The summed E-state index contributed by atoms with van der Waals surface area (Å²) in [6, 6.07) is 15.1. The number of rotatable bonds is 5. The fraction of sp³-hybridized carbons (Fsp3) is 0.158. The highest BCUT2D eigenvalue weighted by Crippen LogP contribution is 2.17. The Balaban J connectivity index is 1.96. The van der Waals surface area contributed by atoms with E-state index >= 15 is 0 Å². The van der Waals surface area contributed by atoms with Crippen LogP contribution in [0.5, 0.6) is 0 Å². The van der Waals surface area contributed by atoms with Crippen LogP contribution < -0.4 is 5.32 Å². The number of carbonyl (C=O) groups excluding carboxylic acids is 2. The molecule has 0 aliphatic heterocycles. The molecule has 0 aliphatic carbocycles. The lowest BCUT2D eigenvalue weighted by Crippen LogP contribution is -2.24. The quantitative estimate of drug-likeness (QED) is 0.786. The second-order valence-electron chi connectivity index (χ2n) is 5.42. The van der Waals surface area contributed by atoms with E-state index in [9.17, 15) is 9.59 Å². The molecule has 0 heterocycles. The first-order valence-electron chi connectivity index (χ1n) is 7.50. The molecule has 0 radical (unpaired) electrons. The maximum Gasteiger partial charge on any atom is 0.246 e. The summed E-state index contributed by atoms with van der Waals surface area (Å²) in [5.74, 6) is -0.182. The minimum Gasteiger partial charge on any atom is -0.338 e. The second kappa shape index (κ2) is 8.45. The molecule has 4 nitrogen and oxygen atoms in total. The van der Waals surface area contributed by atoms with Gasteiger partial charge in [-0.1, -0.05) is 46.3 Å². The average Bonchev–Trinajstić information content (AvgIpc) is 2.55. The van der Waals surface area contributed by atoms with Gasteiger partial charge in [0.2, 0.25) is 11.8 Å². The van der Waals surface area contributed by atoms with Crippen molar-refractivity contribution in [1.82, 2.24) is 4.90 Å². The molecule has 5 heteroatoms. The van der Waals surface area contributed by atoms with Crippen LogP contribution in [0.15, 0.2) is 59.1 Å². The normalized spacial score (nSPS) is 10.6. The van der Waals surface area contributed by atoms with Gasteiger partial charge in [-0.05, 0) is 35.4 Å². The summed E-state index contributed by atoms with van der Waals surface area (Å²) in [6.45, 7) is 2.00. The fourth-order valence-corrected chi connectivity index (χ4v) is 2.55. The Bertz CT molecular complexity index is 754. The van der Waals surface area contributed by atoms with E-state index in [2.05, 4.69) is 21.2 Å². The highest BCUT2D eigenvalue weighted by Gasteiger charge is 2.07. The van der Waals surface area contributed by atoms with Crippen LogP contribution in [0.25, 0.3) is 6.08 Å². The van der Waals surface area contributed by atoms with Crippen LogP contribution in [0.2, 0.25) is 0 Å². The van der Waals surface area contributed by atoms with Gasteiger partial charge in [0.25, 0.3) is 0 Å². The molecule has 2 aromatic rings. The third-order valence-electron chi connectivity index (χ3n) is 3.39. The number of hydrogen-bond donors (Lipinski definition) is 1. The molecule has 0 aromatic heterocycles. The van der Waals surface area contributed by atoms with Gasteiger partial charge in [-0.2, -0.15) is 0 Å². The molecular weight excluding hydrogens is 368 g/mol. The van der Waals surface area contributed by atoms with Crippen LogP contribution in [0.1, 0.15) is 18.1 Å². The molecule has 0 spiro atoms. The van der Waals surface area contributed by atoms with Crippen LogP contribution in [0.3, 0.4) is 0 Å². The van der Waals surface area contributed by atoms with Gasteiger partial charge in [0.15, 0.2) is 0 Å².